The summed E-state index contributed by atoms with van der Waals surface area (Å²) < 4.78 is 2.05. The minimum absolute atomic E-state index is 0.208. The van der Waals surface area contributed by atoms with Gasteiger partial charge in [-0.2, -0.15) is 0 Å². The summed E-state index contributed by atoms with van der Waals surface area (Å²) in [4.78, 5) is 8.70. The Kier molecular flexibility index (Phi) is 3.40. The molecule has 5 heteroatoms. The van der Waals surface area contributed by atoms with Crippen LogP contribution in [-0.2, 0) is 0 Å². The Morgan fingerprint density at radius 2 is 2.05 bits per heavy atom. The number of benzene rings is 1. The highest BCUT2D eigenvalue weighted by atomic mass is 35.5. The maximum absolute atomic E-state index is 6.29. The van der Waals surface area contributed by atoms with Gasteiger partial charge in [0.05, 0.1) is 22.8 Å². The van der Waals surface area contributed by atoms with Gasteiger partial charge >= 0.3 is 0 Å². The van der Waals surface area contributed by atoms with Crippen molar-refractivity contribution in [3.63, 3.8) is 0 Å². The number of hydrogen-bond acceptors (Lipinski definition) is 2. The van der Waals surface area contributed by atoms with Gasteiger partial charge in [0.2, 0.25) is 0 Å². The van der Waals surface area contributed by atoms with Crippen LogP contribution < -0.4 is 0 Å². The molecule has 0 aliphatic heterocycles. The second-order valence-corrected chi connectivity index (χ2v) is 5.73. The molecule has 0 bridgehead atoms. The van der Waals surface area contributed by atoms with E-state index in [2.05, 4.69) is 14.5 Å². The van der Waals surface area contributed by atoms with Gasteiger partial charge in [0.1, 0.15) is 11.3 Å². The fraction of sp³-hybridized carbons (Fsp3) is 0.200. The highest BCUT2D eigenvalue weighted by molar-refractivity contribution is 6.31. The lowest BCUT2D eigenvalue weighted by molar-refractivity contribution is 0.878. The fourth-order valence-corrected chi connectivity index (χ4v) is 2.63. The Morgan fingerprint density at radius 1 is 1.25 bits per heavy atom. The third kappa shape index (κ3) is 2.07. The summed E-state index contributed by atoms with van der Waals surface area (Å²) >= 11 is 12.5. The van der Waals surface area contributed by atoms with Gasteiger partial charge in [-0.15, -0.1) is 11.6 Å². The number of pyridine rings is 1. The normalized spacial score (nSPS) is 12.8. The molecule has 0 aliphatic carbocycles. The number of hydrogen-bond donors (Lipinski definition) is 0. The van der Waals surface area contributed by atoms with Crippen molar-refractivity contribution in [1.29, 1.82) is 0 Å². The van der Waals surface area contributed by atoms with Crippen LogP contribution in [0.2, 0.25) is 5.02 Å². The molecule has 0 saturated carbocycles. The van der Waals surface area contributed by atoms with Crippen LogP contribution in [0.15, 0.2) is 36.7 Å². The molecule has 102 valence electrons. The maximum atomic E-state index is 6.29. The first-order valence-electron chi connectivity index (χ1n) is 6.31. The van der Waals surface area contributed by atoms with Gasteiger partial charge in [-0.3, -0.25) is 9.55 Å². The Labute approximate surface area is 127 Å². The first-order chi connectivity index (χ1) is 9.59. The van der Waals surface area contributed by atoms with Crippen molar-refractivity contribution >= 4 is 34.2 Å². The quantitative estimate of drug-likeness (QED) is 0.643. The molecule has 1 aromatic carbocycles. The van der Waals surface area contributed by atoms with E-state index in [9.17, 15) is 0 Å². The molecule has 1 unspecified atom stereocenters. The predicted octanol–water partition coefficient (Wildman–Crippen LogP) is 4.68. The van der Waals surface area contributed by atoms with E-state index < -0.39 is 0 Å². The van der Waals surface area contributed by atoms with Crippen LogP contribution in [0.5, 0.6) is 0 Å². The summed E-state index contributed by atoms with van der Waals surface area (Å²) in [5, 5.41) is 0.521. The van der Waals surface area contributed by atoms with Crippen molar-refractivity contribution in [3.05, 3.63) is 53.1 Å². The van der Waals surface area contributed by atoms with Crippen molar-refractivity contribution in [2.75, 3.05) is 0 Å². The van der Waals surface area contributed by atoms with Crippen LogP contribution in [0, 0.1) is 6.92 Å². The van der Waals surface area contributed by atoms with E-state index in [1.54, 1.807) is 12.4 Å². The standard InChI is InChI=1S/C15H13Cl2N3/c1-9-11(17)4-3-5-13(9)20-14-6-7-18-8-12(14)19-15(20)10(2)16/h3-8,10H,1-2H3. The second-order valence-electron chi connectivity index (χ2n) is 4.67. The van der Waals surface area contributed by atoms with E-state index in [-0.39, 0.29) is 5.38 Å². The molecule has 3 aromatic rings. The zero-order valence-corrected chi connectivity index (χ0v) is 12.7. The van der Waals surface area contributed by atoms with Crippen LogP contribution in [0.1, 0.15) is 23.7 Å². The van der Waals surface area contributed by atoms with Gasteiger partial charge in [0.15, 0.2) is 0 Å². The van der Waals surface area contributed by atoms with Crippen molar-refractivity contribution < 1.29 is 0 Å². The lowest BCUT2D eigenvalue weighted by atomic mass is 10.2. The van der Waals surface area contributed by atoms with E-state index in [0.717, 1.165) is 33.1 Å². The predicted molar refractivity (Wildman–Crippen MR) is 82.9 cm³/mol. The van der Waals surface area contributed by atoms with Gasteiger partial charge in [-0.1, -0.05) is 17.7 Å². The van der Waals surface area contributed by atoms with Crippen molar-refractivity contribution in [1.82, 2.24) is 14.5 Å². The summed E-state index contributed by atoms with van der Waals surface area (Å²) in [6.07, 6.45) is 3.50. The molecule has 20 heavy (non-hydrogen) atoms. The maximum Gasteiger partial charge on any atom is 0.132 e. The fourth-order valence-electron chi connectivity index (χ4n) is 2.31. The van der Waals surface area contributed by atoms with E-state index in [1.807, 2.05) is 38.1 Å². The Balaban J connectivity index is 2.39. The molecule has 3 rings (SSSR count). The van der Waals surface area contributed by atoms with Crippen LogP contribution in [0.4, 0.5) is 0 Å². The monoisotopic (exact) mass is 305 g/mol. The summed E-state index contributed by atoms with van der Waals surface area (Å²) in [6, 6.07) is 7.77. The molecule has 0 N–H and O–H groups in total. The Morgan fingerprint density at radius 3 is 2.80 bits per heavy atom. The van der Waals surface area contributed by atoms with E-state index in [4.69, 9.17) is 23.2 Å². The molecular weight excluding hydrogens is 293 g/mol. The van der Waals surface area contributed by atoms with Gasteiger partial charge in [0.25, 0.3) is 0 Å². The van der Waals surface area contributed by atoms with Crippen LogP contribution >= 0.6 is 23.2 Å². The third-order valence-electron chi connectivity index (χ3n) is 3.32. The SMILES string of the molecule is Cc1c(Cl)cccc1-n1c(C(C)Cl)nc2cnccc21. The smallest absolute Gasteiger partial charge is 0.132 e. The van der Waals surface area contributed by atoms with Gasteiger partial charge in [-0.05, 0) is 37.6 Å². The first kappa shape index (κ1) is 13.4. The molecule has 0 amide bonds. The van der Waals surface area contributed by atoms with E-state index in [0.29, 0.717) is 0 Å². The first-order valence-corrected chi connectivity index (χ1v) is 7.13. The molecule has 0 spiro atoms. The highest BCUT2D eigenvalue weighted by Gasteiger charge is 2.18. The van der Waals surface area contributed by atoms with Crippen molar-refractivity contribution in [2.45, 2.75) is 19.2 Å². The molecular formula is C15H13Cl2N3. The average molecular weight is 306 g/mol. The molecule has 0 aliphatic rings. The largest absolute Gasteiger partial charge is 0.295 e. The van der Waals surface area contributed by atoms with Gasteiger partial charge in [-0.25, -0.2) is 4.98 Å². The highest BCUT2D eigenvalue weighted by Crippen LogP contribution is 2.31. The molecule has 2 heterocycles. The minimum atomic E-state index is -0.208. The molecule has 0 fully saturated rings. The second kappa shape index (κ2) is 5.08. The van der Waals surface area contributed by atoms with E-state index >= 15 is 0 Å². The Hall–Kier alpha value is -1.58. The van der Waals surface area contributed by atoms with Crippen LogP contribution in [-0.4, -0.2) is 14.5 Å². The Bertz CT molecular complexity index is 778. The number of alkyl halides is 1. The average Bonchev–Trinajstić information content (AvgIpc) is 2.81. The summed E-state index contributed by atoms with van der Waals surface area (Å²) in [7, 11) is 0. The number of rotatable bonds is 2. The molecule has 0 saturated heterocycles. The number of aromatic nitrogens is 3. The number of imidazole rings is 1. The zero-order chi connectivity index (χ0) is 14.3. The summed E-state index contributed by atoms with van der Waals surface area (Å²) in [5.41, 5.74) is 3.81. The molecule has 0 radical (unpaired) electrons. The van der Waals surface area contributed by atoms with Gasteiger partial charge in [0, 0.05) is 11.2 Å². The number of halogens is 2. The number of nitrogens with zero attached hydrogens (tertiary/aromatic N) is 3. The number of fused-ring (bicyclic) bond motifs is 1. The molecule has 2 aromatic heterocycles. The third-order valence-corrected chi connectivity index (χ3v) is 3.92. The topological polar surface area (TPSA) is 30.7 Å². The van der Waals surface area contributed by atoms with Crippen LogP contribution in [0.25, 0.3) is 16.7 Å². The molecule has 1 atom stereocenters. The summed E-state index contributed by atoms with van der Waals surface area (Å²) in [6.45, 7) is 3.90. The van der Waals surface area contributed by atoms with Crippen LogP contribution in [0.3, 0.4) is 0 Å². The van der Waals surface area contributed by atoms with Gasteiger partial charge < -0.3 is 0 Å². The summed E-state index contributed by atoms with van der Waals surface area (Å²) in [5.74, 6) is 0.792. The van der Waals surface area contributed by atoms with E-state index in [1.165, 1.54) is 0 Å². The zero-order valence-electron chi connectivity index (χ0n) is 11.1. The van der Waals surface area contributed by atoms with Crippen molar-refractivity contribution in [2.24, 2.45) is 0 Å². The lowest BCUT2D eigenvalue weighted by Crippen LogP contribution is -2.04. The molecule has 3 nitrogen and oxygen atoms in total. The lowest BCUT2D eigenvalue weighted by Gasteiger charge is -2.14. The minimum Gasteiger partial charge on any atom is -0.295 e. The van der Waals surface area contributed by atoms with Crippen molar-refractivity contribution in [3.8, 4) is 5.69 Å².